The molecule has 7 heteroatoms. The van der Waals surface area contributed by atoms with Crippen molar-refractivity contribution in [3.63, 3.8) is 0 Å². The lowest BCUT2D eigenvalue weighted by Crippen LogP contribution is -2.46. The van der Waals surface area contributed by atoms with E-state index in [4.69, 9.17) is 4.74 Å². The first-order valence-electron chi connectivity index (χ1n) is 11.9. The summed E-state index contributed by atoms with van der Waals surface area (Å²) in [6, 6.07) is 31.0. The number of hydrogen-bond acceptors (Lipinski definition) is 5. The Morgan fingerprint density at radius 3 is 2.30 bits per heavy atom. The molecule has 1 atom stereocenters. The lowest BCUT2D eigenvalue weighted by Gasteiger charge is -2.30. The van der Waals surface area contributed by atoms with Gasteiger partial charge in [0.2, 0.25) is 0 Å². The third-order valence-corrected chi connectivity index (χ3v) is 7.81. The van der Waals surface area contributed by atoms with E-state index in [1.165, 1.54) is 12.1 Å². The Hall–Kier alpha value is -4.07. The highest BCUT2D eigenvalue weighted by Crippen LogP contribution is 2.33. The molecule has 37 heavy (non-hydrogen) atoms. The highest BCUT2D eigenvalue weighted by Gasteiger charge is 2.40. The van der Waals surface area contributed by atoms with E-state index in [-0.39, 0.29) is 11.5 Å². The minimum absolute atomic E-state index is 0.00253. The number of rotatable bonds is 7. The van der Waals surface area contributed by atoms with Gasteiger partial charge in [-0.1, -0.05) is 84.4 Å². The first-order chi connectivity index (χ1) is 17.8. The van der Waals surface area contributed by atoms with Crippen molar-refractivity contribution < 1.29 is 17.9 Å². The van der Waals surface area contributed by atoms with Crippen molar-refractivity contribution in [2.75, 3.05) is 0 Å². The van der Waals surface area contributed by atoms with Crippen molar-refractivity contribution in [2.24, 2.45) is 0 Å². The Morgan fingerprint density at radius 2 is 1.51 bits per heavy atom. The minimum atomic E-state index is -4.13. The summed E-state index contributed by atoms with van der Waals surface area (Å²) < 4.78 is 34.8. The second-order valence-corrected chi connectivity index (χ2v) is 10.8. The van der Waals surface area contributed by atoms with Gasteiger partial charge in [0, 0.05) is 10.9 Å². The smallest absolute Gasteiger partial charge is 0.270 e. The Labute approximate surface area is 216 Å². The molecule has 1 unspecified atom stereocenters. The van der Waals surface area contributed by atoms with Crippen molar-refractivity contribution in [1.29, 1.82) is 0 Å². The van der Waals surface area contributed by atoms with Crippen molar-refractivity contribution in [3.8, 4) is 0 Å². The van der Waals surface area contributed by atoms with Crippen LogP contribution in [-0.2, 0) is 31.8 Å². The molecule has 186 valence electrons. The fourth-order valence-electron chi connectivity index (χ4n) is 4.31. The van der Waals surface area contributed by atoms with Crippen LogP contribution in [0.5, 0.6) is 0 Å². The summed E-state index contributed by atoms with van der Waals surface area (Å²) in [5.74, 6) is -0.787. The maximum absolute atomic E-state index is 13.8. The number of benzene rings is 4. The van der Waals surface area contributed by atoms with Gasteiger partial charge in [0.25, 0.3) is 15.9 Å². The van der Waals surface area contributed by atoms with Crippen LogP contribution in [0.25, 0.3) is 21.7 Å². The number of amides is 1. The lowest BCUT2D eigenvalue weighted by atomic mass is 9.90. The molecule has 1 aromatic heterocycles. The standard InChI is InChI=1S/C30H26N2O4S/c1-21-14-18-25(19-15-21)37(34,35)32-29(33)30(2,27-12-7-10-22-8-3-5-11-26(22)27)36-20-24-17-16-23-9-4-6-13-28(23)31-24/h3-19H,20H2,1-2H3,(H,32,33). The summed E-state index contributed by atoms with van der Waals surface area (Å²) >= 11 is 0. The Bertz CT molecular complexity index is 1710. The van der Waals surface area contributed by atoms with Crippen LogP contribution in [0.3, 0.4) is 0 Å². The van der Waals surface area contributed by atoms with Gasteiger partial charge in [0.15, 0.2) is 5.60 Å². The molecule has 0 aliphatic carbocycles. The highest BCUT2D eigenvalue weighted by atomic mass is 32.2. The number of carbonyl (C=O) groups is 1. The number of ether oxygens (including phenoxy) is 1. The number of aryl methyl sites for hydroxylation is 1. The van der Waals surface area contributed by atoms with Gasteiger partial charge in [-0.3, -0.25) is 9.78 Å². The van der Waals surface area contributed by atoms with Crippen LogP contribution in [0.1, 0.15) is 23.7 Å². The molecule has 0 saturated carbocycles. The van der Waals surface area contributed by atoms with E-state index in [1.54, 1.807) is 25.1 Å². The maximum atomic E-state index is 13.8. The lowest BCUT2D eigenvalue weighted by molar-refractivity contribution is -0.146. The number of nitrogens with zero attached hydrogens (tertiary/aromatic N) is 1. The summed E-state index contributed by atoms with van der Waals surface area (Å²) in [5, 5.41) is 2.69. The van der Waals surface area contributed by atoms with E-state index in [1.807, 2.05) is 79.7 Å². The van der Waals surface area contributed by atoms with Gasteiger partial charge in [0.05, 0.1) is 22.7 Å². The molecule has 0 spiro atoms. The molecule has 0 saturated heterocycles. The second kappa shape index (κ2) is 9.76. The van der Waals surface area contributed by atoms with Gasteiger partial charge in [-0.25, -0.2) is 13.1 Å². The zero-order valence-corrected chi connectivity index (χ0v) is 21.3. The van der Waals surface area contributed by atoms with Crippen LogP contribution < -0.4 is 4.72 Å². The van der Waals surface area contributed by atoms with E-state index in [0.717, 1.165) is 27.2 Å². The topological polar surface area (TPSA) is 85.4 Å². The first-order valence-corrected chi connectivity index (χ1v) is 13.4. The van der Waals surface area contributed by atoms with E-state index in [9.17, 15) is 13.2 Å². The van der Waals surface area contributed by atoms with E-state index >= 15 is 0 Å². The molecule has 0 bridgehead atoms. The molecule has 1 amide bonds. The van der Waals surface area contributed by atoms with E-state index < -0.39 is 21.5 Å². The summed E-state index contributed by atoms with van der Waals surface area (Å²) in [7, 11) is -4.13. The van der Waals surface area contributed by atoms with Gasteiger partial charge in [-0.2, -0.15) is 0 Å². The average molecular weight is 511 g/mol. The highest BCUT2D eigenvalue weighted by molar-refractivity contribution is 7.90. The number of pyridine rings is 1. The number of para-hydroxylation sites is 1. The van der Waals surface area contributed by atoms with Crippen LogP contribution in [0.4, 0.5) is 0 Å². The monoisotopic (exact) mass is 510 g/mol. The van der Waals surface area contributed by atoms with Crippen LogP contribution in [0, 0.1) is 6.92 Å². The van der Waals surface area contributed by atoms with Gasteiger partial charge < -0.3 is 4.74 Å². The maximum Gasteiger partial charge on any atom is 0.270 e. The van der Waals surface area contributed by atoms with E-state index in [2.05, 4.69) is 9.71 Å². The SMILES string of the molecule is Cc1ccc(S(=O)(=O)NC(=O)C(C)(OCc2ccc3ccccc3n2)c2cccc3ccccc23)cc1. The molecule has 0 fully saturated rings. The third kappa shape index (κ3) is 4.96. The molecule has 5 aromatic rings. The van der Waals surface area contributed by atoms with Gasteiger partial charge >= 0.3 is 0 Å². The summed E-state index contributed by atoms with van der Waals surface area (Å²) in [6.07, 6.45) is 0. The Balaban J connectivity index is 1.53. The van der Waals surface area contributed by atoms with Crippen LogP contribution >= 0.6 is 0 Å². The number of aromatic nitrogens is 1. The normalized spacial score (nSPS) is 13.4. The van der Waals surface area contributed by atoms with Crippen molar-refractivity contribution in [3.05, 3.63) is 120 Å². The zero-order valence-electron chi connectivity index (χ0n) is 20.5. The molecule has 0 aliphatic heterocycles. The fraction of sp³-hybridized carbons (Fsp3) is 0.133. The predicted molar refractivity (Wildman–Crippen MR) is 144 cm³/mol. The second-order valence-electron chi connectivity index (χ2n) is 9.09. The van der Waals surface area contributed by atoms with Gasteiger partial charge in [-0.05, 0) is 48.9 Å². The molecule has 6 nitrogen and oxygen atoms in total. The molecule has 5 rings (SSSR count). The molecular weight excluding hydrogens is 484 g/mol. The number of nitrogens with one attached hydrogen (secondary N) is 1. The Kier molecular flexibility index (Phi) is 6.50. The number of sulfonamides is 1. The number of carbonyl (C=O) groups excluding carboxylic acids is 1. The van der Waals surface area contributed by atoms with Crippen LogP contribution in [0.15, 0.2) is 108 Å². The number of fused-ring (bicyclic) bond motifs is 2. The summed E-state index contributed by atoms with van der Waals surface area (Å²) in [5.41, 5.74) is 1.27. The quantitative estimate of drug-likeness (QED) is 0.307. The van der Waals surface area contributed by atoms with Crippen molar-refractivity contribution >= 4 is 37.6 Å². The average Bonchev–Trinajstić information content (AvgIpc) is 2.91. The predicted octanol–water partition coefficient (Wildman–Crippen LogP) is 5.63. The molecule has 1 N–H and O–H groups in total. The minimum Gasteiger partial charge on any atom is -0.354 e. The molecular formula is C30H26N2O4S. The Morgan fingerprint density at radius 1 is 0.838 bits per heavy atom. The molecule has 0 aliphatic rings. The molecule has 0 radical (unpaired) electrons. The zero-order chi connectivity index (χ0) is 26.0. The van der Waals surface area contributed by atoms with Gasteiger partial charge in [-0.15, -0.1) is 0 Å². The van der Waals surface area contributed by atoms with Crippen molar-refractivity contribution in [1.82, 2.24) is 9.71 Å². The third-order valence-electron chi connectivity index (χ3n) is 6.46. The van der Waals surface area contributed by atoms with Crippen LogP contribution in [0.2, 0.25) is 0 Å². The van der Waals surface area contributed by atoms with Crippen molar-refractivity contribution in [2.45, 2.75) is 31.0 Å². The summed E-state index contributed by atoms with van der Waals surface area (Å²) in [4.78, 5) is 18.4. The molecule has 4 aromatic carbocycles. The molecule has 1 heterocycles. The largest absolute Gasteiger partial charge is 0.354 e. The first kappa shape index (κ1) is 24.6. The summed E-state index contributed by atoms with van der Waals surface area (Å²) in [6.45, 7) is 3.46. The van der Waals surface area contributed by atoms with Crippen LogP contribution in [-0.4, -0.2) is 19.3 Å². The van der Waals surface area contributed by atoms with E-state index in [0.29, 0.717) is 11.3 Å². The fourth-order valence-corrected chi connectivity index (χ4v) is 5.36. The number of hydrogen-bond donors (Lipinski definition) is 1. The van der Waals surface area contributed by atoms with Gasteiger partial charge in [0.1, 0.15) is 0 Å².